The van der Waals surface area contributed by atoms with E-state index in [1.807, 2.05) is 0 Å². The normalized spacial score (nSPS) is 20.2. The Balaban J connectivity index is 1.66. The molecule has 2 aromatic rings. The number of hydrogen-bond acceptors (Lipinski definition) is 4. The van der Waals surface area contributed by atoms with E-state index in [1.54, 1.807) is 13.0 Å². The van der Waals surface area contributed by atoms with Crippen molar-refractivity contribution in [1.29, 1.82) is 0 Å². The van der Waals surface area contributed by atoms with Gasteiger partial charge in [-0.15, -0.1) is 0 Å². The lowest BCUT2D eigenvalue weighted by Crippen LogP contribution is -2.65. The van der Waals surface area contributed by atoms with E-state index < -0.39 is 17.7 Å². The Hall–Kier alpha value is -2.58. The summed E-state index contributed by atoms with van der Waals surface area (Å²) in [5.74, 6) is -2.34. The molecule has 0 spiro atoms. The van der Waals surface area contributed by atoms with Crippen molar-refractivity contribution in [1.82, 2.24) is 9.88 Å². The Kier molecular flexibility index (Phi) is 5.23. The third-order valence-corrected chi connectivity index (χ3v) is 5.40. The molecule has 2 saturated heterocycles. The summed E-state index contributed by atoms with van der Waals surface area (Å²) in [4.78, 5) is 33.3. The SMILES string of the molecule is Cc1cc(Cl)cnc1N1CC(=O)N(Cc2ccc(F)c(F)c2)[C@H](C2COC2)C1=O. The van der Waals surface area contributed by atoms with Gasteiger partial charge in [0, 0.05) is 18.7 Å². The molecule has 3 heterocycles. The number of ether oxygens (including phenoxy) is 1. The van der Waals surface area contributed by atoms with Crippen LogP contribution in [-0.4, -0.2) is 47.5 Å². The molecule has 2 aliphatic heterocycles. The smallest absolute Gasteiger partial charge is 0.251 e. The highest BCUT2D eigenvalue weighted by molar-refractivity contribution is 6.30. The highest BCUT2D eigenvalue weighted by Crippen LogP contribution is 2.31. The molecule has 0 radical (unpaired) electrons. The van der Waals surface area contributed by atoms with Gasteiger partial charge in [0.2, 0.25) is 5.91 Å². The average Bonchev–Trinajstić information content (AvgIpc) is 2.62. The molecule has 2 amide bonds. The number of hydrogen-bond donors (Lipinski definition) is 0. The first-order chi connectivity index (χ1) is 13.8. The van der Waals surface area contributed by atoms with Gasteiger partial charge in [-0.1, -0.05) is 17.7 Å². The van der Waals surface area contributed by atoms with E-state index >= 15 is 0 Å². The highest BCUT2D eigenvalue weighted by Gasteiger charge is 2.47. The number of carbonyl (C=O) groups excluding carboxylic acids is 2. The van der Waals surface area contributed by atoms with Gasteiger partial charge in [-0.05, 0) is 36.2 Å². The summed E-state index contributed by atoms with van der Waals surface area (Å²) >= 11 is 5.95. The van der Waals surface area contributed by atoms with Crippen LogP contribution in [0.4, 0.5) is 14.6 Å². The fourth-order valence-corrected chi connectivity index (χ4v) is 3.87. The van der Waals surface area contributed by atoms with Crippen LogP contribution >= 0.6 is 11.6 Å². The van der Waals surface area contributed by atoms with Crippen LogP contribution < -0.4 is 4.90 Å². The predicted molar refractivity (Wildman–Crippen MR) is 101 cm³/mol. The van der Waals surface area contributed by atoms with Crippen molar-refractivity contribution in [3.63, 3.8) is 0 Å². The van der Waals surface area contributed by atoms with Crippen LogP contribution in [0.25, 0.3) is 0 Å². The number of carbonyl (C=O) groups is 2. The van der Waals surface area contributed by atoms with Crippen LogP contribution in [0, 0.1) is 24.5 Å². The minimum atomic E-state index is -0.996. The molecule has 0 bridgehead atoms. The molecule has 6 nitrogen and oxygen atoms in total. The van der Waals surface area contributed by atoms with Gasteiger partial charge >= 0.3 is 0 Å². The fraction of sp³-hybridized carbons (Fsp3) is 0.350. The Morgan fingerprint density at radius 2 is 1.97 bits per heavy atom. The lowest BCUT2D eigenvalue weighted by atomic mass is 9.92. The zero-order chi connectivity index (χ0) is 20.7. The molecular weight excluding hydrogens is 404 g/mol. The maximum atomic E-state index is 13.6. The topological polar surface area (TPSA) is 62.7 Å². The number of rotatable bonds is 4. The lowest BCUT2D eigenvalue weighted by Gasteiger charge is -2.45. The van der Waals surface area contributed by atoms with E-state index in [2.05, 4.69) is 4.98 Å². The van der Waals surface area contributed by atoms with Crippen molar-refractivity contribution >= 4 is 29.2 Å². The quantitative estimate of drug-likeness (QED) is 0.761. The first-order valence-corrected chi connectivity index (χ1v) is 9.47. The van der Waals surface area contributed by atoms with Crippen molar-refractivity contribution in [2.75, 3.05) is 24.7 Å². The average molecular weight is 422 g/mol. The standard InChI is InChI=1S/C20H18ClF2N3O3/c1-11-4-14(21)6-24-19(11)26-8-17(27)25(18(20(26)28)13-9-29-10-13)7-12-2-3-15(22)16(23)5-12/h2-6,13,18H,7-10H2,1H3/t18-/m1/s1. The van der Waals surface area contributed by atoms with E-state index in [0.717, 1.165) is 12.1 Å². The Bertz CT molecular complexity index is 983. The van der Waals surface area contributed by atoms with Crippen LogP contribution in [0.3, 0.4) is 0 Å². The summed E-state index contributed by atoms with van der Waals surface area (Å²) in [7, 11) is 0. The third-order valence-electron chi connectivity index (χ3n) is 5.19. The maximum absolute atomic E-state index is 13.6. The molecule has 0 unspecified atom stereocenters. The van der Waals surface area contributed by atoms with Crippen molar-refractivity contribution in [3.8, 4) is 0 Å². The van der Waals surface area contributed by atoms with Crippen LogP contribution in [0.15, 0.2) is 30.5 Å². The molecule has 2 aliphatic rings. The van der Waals surface area contributed by atoms with E-state index in [4.69, 9.17) is 16.3 Å². The van der Waals surface area contributed by atoms with Gasteiger partial charge < -0.3 is 9.64 Å². The molecule has 0 N–H and O–H groups in total. The highest BCUT2D eigenvalue weighted by atomic mass is 35.5. The molecule has 29 heavy (non-hydrogen) atoms. The summed E-state index contributed by atoms with van der Waals surface area (Å²) in [5.41, 5.74) is 1.08. The first-order valence-electron chi connectivity index (χ1n) is 9.10. The Morgan fingerprint density at radius 3 is 2.59 bits per heavy atom. The van der Waals surface area contributed by atoms with E-state index in [0.29, 0.717) is 35.2 Å². The third kappa shape index (κ3) is 3.70. The molecule has 2 fully saturated rings. The molecule has 0 aliphatic carbocycles. The van der Waals surface area contributed by atoms with Crippen LogP contribution in [0.2, 0.25) is 5.02 Å². The molecule has 152 valence electrons. The molecular formula is C20H18ClF2N3O3. The van der Waals surface area contributed by atoms with Gasteiger partial charge in [-0.2, -0.15) is 0 Å². The van der Waals surface area contributed by atoms with Gasteiger partial charge in [0.25, 0.3) is 5.91 Å². The van der Waals surface area contributed by atoms with Crippen molar-refractivity contribution in [2.24, 2.45) is 5.92 Å². The predicted octanol–water partition coefficient (Wildman–Crippen LogP) is 2.71. The van der Waals surface area contributed by atoms with E-state index in [1.165, 1.54) is 22.1 Å². The van der Waals surface area contributed by atoms with Gasteiger partial charge in [0.05, 0.1) is 18.2 Å². The van der Waals surface area contributed by atoms with Crippen LogP contribution in [-0.2, 0) is 20.9 Å². The molecule has 9 heteroatoms. The number of amides is 2. The second-order valence-electron chi connectivity index (χ2n) is 7.23. The monoisotopic (exact) mass is 421 g/mol. The maximum Gasteiger partial charge on any atom is 0.251 e. The molecule has 1 atom stereocenters. The molecule has 1 aromatic carbocycles. The van der Waals surface area contributed by atoms with Gasteiger partial charge in [-0.25, -0.2) is 13.8 Å². The van der Waals surface area contributed by atoms with Crippen molar-refractivity contribution < 1.29 is 23.1 Å². The van der Waals surface area contributed by atoms with Crippen molar-refractivity contribution in [3.05, 3.63) is 58.2 Å². The first kappa shape index (κ1) is 19.7. The summed E-state index contributed by atoms with van der Waals surface area (Å²) in [5, 5.41) is 0.436. The number of pyridine rings is 1. The van der Waals surface area contributed by atoms with Gasteiger partial charge in [0.1, 0.15) is 18.4 Å². The zero-order valence-corrected chi connectivity index (χ0v) is 16.3. The number of benzene rings is 1. The summed E-state index contributed by atoms with van der Waals surface area (Å²) < 4.78 is 32.1. The largest absolute Gasteiger partial charge is 0.380 e. The van der Waals surface area contributed by atoms with E-state index in [-0.39, 0.29) is 30.8 Å². The number of aromatic nitrogens is 1. The molecule has 1 aromatic heterocycles. The fourth-order valence-electron chi connectivity index (χ4n) is 3.66. The summed E-state index contributed by atoms with van der Waals surface area (Å²) in [6.07, 6.45) is 1.43. The summed E-state index contributed by atoms with van der Waals surface area (Å²) in [6.45, 7) is 2.27. The number of nitrogens with zero attached hydrogens (tertiary/aromatic N) is 3. The second-order valence-corrected chi connectivity index (χ2v) is 7.67. The lowest BCUT2D eigenvalue weighted by molar-refractivity contribution is -0.155. The summed E-state index contributed by atoms with van der Waals surface area (Å²) in [6, 6.07) is 4.36. The minimum Gasteiger partial charge on any atom is -0.380 e. The minimum absolute atomic E-state index is 0.00378. The van der Waals surface area contributed by atoms with Gasteiger partial charge in [-0.3, -0.25) is 14.5 Å². The Morgan fingerprint density at radius 1 is 1.21 bits per heavy atom. The van der Waals surface area contributed by atoms with Crippen LogP contribution in [0.5, 0.6) is 0 Å². The number of aryl methyl sites for hydroxylation is 1. The number of anilines is 1. The Labute approximate surface area is 171 Å². The number of piperazine rings is 1. The molecule has 0 saturated carbocycles. The number of halogens is 3. The zero-order valence-electron chi connectivity index (χ0n) is 15.6. The van der Waals surface area contributed by atoms with Crippen molar-refractivity contribution in [2.45, 2.75) is 19.5 Å². The second kappa shape index (κ2) is 7.68. The van der Waals surface area contributed by atoms with E-state index in [9.17, 15) is 18.4 Å². The molecule has 4 rings (SSSR count). The van der Waals surface area contributed by atoms with Gasteiger partial charge in [0.15, 0.2) is 11.6 Å². The van der Waals surface area contributed by atoms with Crippen LogP contribution in [0.1, 0.15) is 11.1 Å².